The van der Waals surface area contributed by atoms with E-state index in [-0.39, 0.29) is 18.1 Å². The van der Waals surface area contributed by atoms with Gasteiger partial charge in [0.1, 0.15) is 11.3 Å². The quantitative estimate of drug-likeness (QED) is 0.836. The van der Waals surface area contributed by atoms with Crippen LogP contribution in [0.1, 0.15) is 41.4 Å². The summed E-state index contributed by atoms with van der Waals surface area (Å²) in [6.07, 6.45) is 3.74. The zero-order valence-corrected chi connectivity index (χ0v) is 14.4. The maximum absolute atomic E-state index is 12.6. The Labute approximate surface area is 147 Å². The van der Waals surface area contributed by atoms with Gasteiger partial charge in [0.25, 0.3) is 5.91 Å². The first-order valence-corrected chi connectivity index (χ1v) is 8.75. The largest absolute Gasteiger partial charge is 0.379 e. The lowest BCUT2D eigenvalue weighted by Gasteiger charge is -2.32. The molecule has 134 valence electrons. The lowest BCUT2D eigenvalue weighted by Crippen LogP contribution is -2.50. The van der Waals surface area contributed by atoms with E-state index in [4.69, 9.17) is 14.0 Å². The zero-order chi connectivity index (χ0) is 17.5. The highest BCUT2D eigenvalue weighted by atomic mass is 16.5. The number of ether oxygens (including phenoxy) is 2. The van der Waals surface area contributed by atoms with Gasteiger partial charge in [-0.3, -0.25) is 4.79 Å². The zero-order valence-electron chi connectivity index (χ0n) is 14.4. The molecular weight excluding hydrogens is 320 g/mol. The predicted octanol–water partition coefficient (Wildman–Crippen LogP) is 2.73. The molecule has 1 aliphatic heterocycles. The highest BCUT2D eigenvalue weighted by Crippen LogP contribution is 2.16. The number of rotatable bonds is 7. The smallest absolute Gasteiger partial charge is 0.256 e. The molecule has 1 aromatic heterocycles. The highest BCUT2D eigenvalue weighted by molar-refractivity contribution is 5.95. The Balaban J connectivity index is 1.60. The van der Waals surface area contributed by atoms with E-state index < -0.39 is 0 Å². The van der Waals surface area contributed by atoms with Gasteiger partial charge in [0, 0.05) is 13.0 Å². The second-order valence-electron chi connectivity index (χ2n) is 6.19. The third kappa shape index (κ3) is 4.67. The fraction of sp³-hybridized carbons (Fsp3) is 0.474. The van der Waals surface area contributed by atoms with Gasteiger partial charge in [0.05, 0.1) is 31.6 Å². The number of carbonyl (C=O) groups is 1. The molecule has 0 aliphatic carbocycles. The standard InChI is InChI=1S/C19H24N2O4/c1-2-6-17-15(11-20-25-17)19(22)21-16-13-23-10-9-18(16)24-12-14-7-4-3-5-8-14/h3-5,7-8,11,16,18H,2,6,9-10,12-13H2,1H3,(H,21,22)/t16-,18+/m1/s1. The van der Waals surface area contributed by atoms with Gasteiger partial charge in [0.15, 0.2) is 0 Å². The van der Waals surface area contributed by atoms with E-state index in [1.54, 1.807) is 0 Å². The van der Waals surface area contributed by atoms with Gasteiger partial charge in [-0.1, -0.05) is 42.4 Å². The monoisotopic (exact) mass is 344 g/mol. The Morgan fingerprint density at radius 2 is 2.20 bits per heavy atom. The maximum atomic E-state index is 12.6. The molecule has 2 atom stereocenters. The van der Waals surface area contributed by atoms with Gasteiger partial charge in [-0.15, -0.1) is 0 Å². The van der Waals surface area contributed by atoms with Crippen LogP contribution in [0.4, 0.5) is 0 Å². The number of aryl methyl sites for hydroxylation is 1. The summed E-state index contributed by atoms with van der Waals surface area (Å²) >= 11 is 0. The van der Waals surface area contributed by atoms with Crippen molar-refractivity contribution in [1.82, 2.24) is 10.5 Å². The van der Waals surface area contributed by atoms with Crippen LogP contribution in [0.5, 0.6) is 0 Å². The second kappa shape index (κ2) is 8.78. The normalized spacial score (nSPS) is 20.4. The molecule has 1 N–H and O–H groups in total. The lowest BCUT2D eigenvalue weighted by molar-refractivity contribution is -0.0605. The Morgan fingerprint density at radius 1 is 1.36 bits per heavy atom. The molecule has 0 radical (unpaired) electrons. The number of aromatic nitrogens is 1. The summed E-state index contributed by atoms with van der Waals surface area (Å²) in [6.45, 7) is 3.64. The van der Waals surface area contributed by atoms with E-state index in [1.165, 1.54) is 6.20 Å². The molecule has 0 saturated carbocycles. The van der Waals surface area contributed by atoms with E-state index in [2.05, 4.69) is 10.5 Å². The van der Waals surface area contributed by atoms with E-state index in [0.29, 0.717) is 37.6 Å². The van der Waals surface area contributed by atoms with Gasteiger partial charge in [0.2, 0.25) is 0 Å². The average molecular weight is 344 g/mol. The van der Waals surface area contributed by atoms with Crippen LogP contribution in [0.15, 0.2) is 41.1 Å². The topological polar surface area (TPSA) is 73.6 Å². The lowest BCUT2D eigenvalue weighted by atomic mass is 10.1. The predicted molar refractivity (Wildman–Crippen MR) is 92.2 cm³/mol. The molecule has 1 aromatic carbocycles. The van der Waals surface area contributed by atoms with Crippen molar-refractivity contribution in [3.05, 3.63) is 53.4 Å². The number of nitrogens with zero attached hydrogens (tertiary/aromatic N) is 1. The van der Waals surface area contributed by atoms with E-state index >= 15 is 0 Å². The molecular formula is C19H24N2O4. The molecule has 2 heterocycles. The molecule has 2 aromatic rings. The molecule has 1 fully saturated rings. The van der Waals surface area contributed by atoms with Crippen molar-refractivity contribution in [1.29, 1.82) is 0 Å². The number of hydrogen-bond donors (Lipinski definition) is 1. The molecule has 3 rings (SSSR count). The summed E-state index contributed by atoms with van der Waals surface area (Å²) in [5, 5.41) is 6.77. The first-order chi connectivity index (χ1) is 12.3. The Hall–Kier alpha value is -2.18. The van der Waals surface area contributed by atoms with Crippen molar-refractivity contribution in [3.8, 4) is 0 Å². The van der Waals surface area contributed by atoms with Crippen molar-refractivity contribution >= 4 is 5.91 Å². The number of benzene rings is 1. The van der Waals surface area contributed by atoms with Gasteiger partial charge in [-0.2, -0.15) is 0 Å². The minimum absolute atomic E-state index is 0.0765. The Kier molecular flexibility index (Phi) is 6.19. The van der Waals surface area contributed by atoms with Crippen LogP contribution in [0, 0.1) is 0 Å². The van der Waals surface area contributed by atoms with Gasteiger partial charge in [-0.25, -0.2) is 0 Å². The first-order valence-electron chi connectivity index (χ1n) is 8.75. The fourth-order valence-corrected chi connectivity index (χ4v) is 2.93. The average Bonchev–Trinajstić information content (AvgIpc) is 3.11. The first kappa shape index (κ1) is 17.6. The van der Waals surface area contributed by atoms with Crippen LogP contribution in [-0.4, -0.2) is 36.4 Å². The minimum Gasteiger partial charge on any atom is -0.379 e. The van der Waals surface area contributed by atoms with E-state index in [9.17, 15) is 4.79 Å². The van der Waals surface area contributed by atoms with Crippen molar-refractivity contribution in [2.45, 2.75) is 44.9 Å². The van der Waals surface area contributed by atoms with Crippen molar-refractivity contribution in [2.75, 3.05) is 13.2 Å². The van der Waals surface area contributed by atoms with Crippen LogP contribution in [0.2, 0.25) is 0 Å². The van der Waals surface area contributed by atoms with E-state index in [1.807, 2.05) is 37.3 Å². The summed E-state index contributed by atoms with van der Waals surface area (Å²) < 4.78 is 16.7. The summed E-state index contributed by atoms with van der Waals surface area (Å²) in [7, 11) is 0. The van der Waals surface area contributed by atoms with Gasteiger partial charge < -0.3 is 19.3 Å². The summed E-state index contributed by atoms with van der Waals surface area (Å²) in [6, 6.07) is 9.83. The van der Waals surface area contributed by atoms with Crippen molar-refractivity contribution < 1.29 is 18.8 Å². The molecule has 0 unspecified atom stereocenters. The molecule has 1 saturated heterocycles. The molecule has 0 bridgehead atoms. The third-order valence-corrected chi connectivity index (χ3v) is 4.28. The van der Waals surface area contributed by atoms with Gasteiger partial charge in [-0.05, 0) is 18.4 Å². The van der Waals surface area contributed by atoms with Crippen LogP contribution in [0.25, 0.3) is 0 Å². The number of nitrogens with one attached hydrogen (secondary N) is 1. The number of carbonyl (C=O) groups excluding carboxylic acids is 1. The second-order valence-corrected chi connectivity index (χ2v) is 6.19. The number of amides is 1. The van der Waals surface area contributed by atoms with Crippen LogP contribution in [-0.2, 0) is 22.5 Å². The van der Waals surface area contributed by atoms with Crippen LogP contribution < -0.4 is 5.32 Å². The van der Waals surface area contributed by atoms with Crippen molar-refractivity contribution in [3.63, 3.8) is 0 Å². The number of hydrogen-bond acceptors (Lipinski definition) is 5. The molecule has 6 heteroatoms. The van der Waals surface area contributed by atoms with Crippen LogP contribution >= 0.6 is 0 Å². The SMILES string of the molecule is CCCc1oncc1C(=O)N[C@@H]1COCC[C@@H]1OCc1ccccc1. The van der Waals surface area contributed by atoms with Crippen LogP contribution in [0.3, 0.4) is 0 Å². The van der Waals surface area contributed by atoms with E-state index in [0.717, 1.165) is 18.4 Å². The van der Waals surface area contributed by atoms with Gasteiger partial charge >= 0.3 is 0 Å². The summed E-state index contributed by atoms with van der Waals surface area (Å²) in [5.74, 6) is 0.437. The molecule has 0 spiro atoms. The molecule has 25 heavy (non-hydrogen) atoms. The molecule has 1 amide bonds. The highest BCUT2D eigenvalue weighted by Gasteiger charge is 2.29. The summed E-state index contributed by atoms with van der Waals surface area (Å²) in [4.78, 5) is 12.6. The molecule has 6 nitrogen and oxygen atoms in total. The Bertz CT molecular complexity index is 671. The minimum atomic E-state index is -0.187. The molecule has 1 aliphatic rings. The Morgan fingerprint density at radius 3 is 3.00 bits per heavy atom. The summed E-state index contributed by atoms with van der Waals surface area (Å²) in [5.41, 5.74) is 1.61. The maximum Gasteiger partial charge on any atom is 0.256 e. The third-order valence-electron chi connectivity index (χ3n) is 4.28. The van der Waals surface area contributed by atoms with Crippen molar-refractivity contribution in [2.24, 2.45) is 0 Å². The fourth-order valence-electron chi connectivity index (χ4n) is 2.93.